The molecule has 0 bridgehead atoms. The molecule has 0 rings (SSSR count). The number of halogens is 6. The number of rotatable bonds is 7. The molecule has 0 spiro atoms. The highest BCUT2D eigenvalue weighted by Gasteiger charge is 2.53. The highest BCUT2D eigenvalue weighted by Crippen LogP contribution is 2.40. The van der Waals surface area contributed by atoms with E-state index in [1.807, 2.05) is 0 Å². The van der Waals surface area contributed by atoms with Crippen LogP contribution in [0.1, 0.15) is 41.0 Å². The largest absolute Gasteiger partial charge is 0.469 e. The zero-order valence-corrected chi connectivity index (χ0v) is 15.2. The zero-order valence-electron chi connectivity index (χ0n) is 15.2. The van der Waals surface area contributed by atoms with Gasteiger partial charge in [-0.15, -0.1) is 4.90 Å². The molecule has 0 aromatic heterocycles. The van der Waals surface area contributed by atoms with E-state index in [2.05, 4.69) is 0 Å². The number of ether oxygens (including phenoxy) is 1. The van der Waals surface area contributed by atoms with Crippen LogP contribution >= 0.6 is 0 Å². The topological polar surface area (TPSA) is 29.5 Å². The molecule has 0 saturated heterocycles. The fraction of sp³-hybridized carbons (Fsp3) is 0.812. The number of esters is 1. The van der Waals surface area contributed by atoms with Crippen molar-refractivity contribution in [2.24, 2.45) is 16.7 Å². The van der Waals surface area contributed by atoms with Crippen LogP contribution < -0.4 is 0 Å². The molecule has 0 aliphatic carbocycles. The van der Waals surface area contributed by atoms with E-state index >= 15 is 0 Å². The van der Waals surface area contributed by atoms with Gasteiger partial charge in [-0.25, -0.2) is 0 Å². The summed E-state index contributed by atoms with van der Waals surface area (Å²) in [6.45, 7) is 7.28. The van der Waals surface area contributed by atoms with E-state index < -0.39 is 40.8 Å². The minimum atomic E-state index is -5.51. The molecule has 0 amide bonds. The average Bonchev–Trinajstić information content (AvgIpc) is 2.38. The molecule has 0 heterocycles. The molecule has 1 atom stereocenters. The minimum Gasteiger partial charge on any atom is -0.469 e. The number of alkyl halides is 6. The third-order valence-corrected chi connectivity index (χ3v) is 4.19. The van der Waals surface area contributed by atoms with Gasteiger partial charge in [-0.2, -0.15) is 26.3 Å². The SMILES string of the molecule is COC(=O)C(C)(C)CC(C)(C)[C@H](C)/C=C/CN(C(F)(F)F)C(F)(F)F. The Morgan fingerprint density at radius 1 is 1.04 bits per heavy atom. The second-order valence-corrected chi connectivity index (χ2v) is 7.30. The molecular weight excluding hydrogens is 352 g/mol. The maximum absolute atomic E-state index is 12.4. The highest BCUT2D eigenvalue weighted by atomic mass is 19.4. The van der Waals surface area contributed by atoms with Crippen LogP contribution in [0.15, 0.2) is 12.2 Å². The maximum Gasteiger partial charge on any atom is 0.467 e. The summed E-state index contributed by atoms with van der Waals surface area (Å²) in [5.41, 5.74) is -1.38. The number of carbonyl (C=O) groups excluding carboxylic acids is 1. The van der Waals surface area contributed by atoms with Gasteiger partial charge in [0.05, 0.1) is 12.5 Å². The molecule has 0 fully saturated rings. The van der Waals surface area contributed by atoms with Crippen molar-refractivity contribution in [2.75, 3.05) is 13.7 Å². The van der Waals surface area contributed by atoms with Gasteiger partial charge >= 0.3 is 18.6 Å². The Labute approximate surface area is 144 Å². The smallest absolute Gasteiger partial charge is 0.467 e. The first kappa shape index (κ1) is 23.8. The number of carbonyl (C=O) groups is 1. The van der Waals surface area contributed by atoms with E-state index in [1.54, 1.807) is 34.6 Å². The number of methoxy groups -OCH3 is 1. The molecule has 0 aliphatic heterocycles. The van der Waals surface area contributed by atoms with Gasteiger partial charge in [0, 0.05) is 6.54 Å². The first-order chi connectivity index (χ1) is 10.9. The number of hydrogen-bond acceptors (Lipinski definition) is 3. The van der Waals surface area contributed by atoms with Crippen LogP contribution in [0.4, 0.5) is 26.3 Å². The monoisotopic (exact) mass is 377 g/mol. The molecule has 148 valence electrons. The van der Waals surface area contributed by atoms with Crippen molar-refractivity contribution in [1.29, 1.82) is 0 Å². The van der Waals surface area contributed by atoms with Crippen molar-refractivity contribution < 1.29 is 35.9 Å². The molecule has 0 N–H and O–H groups in total. The second kappa shape index (κ2) is 7.97. The molecule has 3 nitrogen and oxygen atoms in total. The van der Waals surface area contributed by atoms with Crippen molar-refractivity contribution >= 4 is 5.97 Å². The van der Waals surface area contributed by atoms with Gasteiger partial charge in [-0.1, -0.05) is 32.9 Å². The van der Waals surface area contributed by atoms with Gasteiger partial charge in [-0.05, 0) is 31.6 Å². The summed E-state index contributed by atoms with van der Waals surface area (Å²) in [6, 6.07) is 0. The summed E-state index contributed by atoms with van der Waals surface area (Å²) in [6.07, 6.45) is -8.51. The Balaban J connectivity index is 5.09. The lowest BCUT2D eigenvalue weighted by molar-refractivity contribution is -0.369. The Bertz CT molecular complexity index is 466. The second-order valence-electron chi connectivity index (χ2n) is 7.30. The predicted molar refractivity (Wildman–Crippen MR) is 81.3 cm³/mol. The van der Waals surface area contributed by atoms with Crippen molar-refractivity contribution in [2.45, 2.75) is 53.6 Å². The summed E-state index contributed by atoms with van der Waals surface area (Å²) in [5.74, 6) is -0.795. The lowest BCUT2D eigenvalue weighted by atomic mass is 9.68. The first-order valence-corrected chi connectivity index (χ1v) is 7.61. The van der Waals surface area contributed by atoms with E-state index in [4.69, 9.17) is 4.74 Å². The summed E-state index contributed by atoms with van der Waals surface area (Å²) in [4.78, 5) is 10.3. The van der Waals surface area contributed by atoms with Crippen molar-refractivity contribution in [1.82, 2.24) is 4.90 Å². The van der Waals surface area contributed by atoms with Crippen LogP contribution in [0.3, 0.4) is 0 Å². The quantitative estimate of drug-likeness (QED) is 0.266. The molecule has 0 aliphatic rings. The molecule has 9 heteroatoms. The molecule has 0 unspecified atom stereocenters. The van der Waals surface area contributed by atoms with Crippen LogP contribution in [0, 0.1) is 16.7 Å². The summed E-state index contributed by atoms with van der Waals surface area (Å²) in [5, 5.41) is 0. The number of allylic oxidation sites excluding steroid dienone is 1. The molecule has 0 saturated carbocycles. The van der Waals surface area contributed by atoms with E-state index in [0.29, 0.717) is 6.42 Å². The Morgan fingerprint density at radius 2 is 1.48 bits per heavy atom. The number of hydrogen-bond donors (Lipinski definition) is 0. The van der Waals surface area contributed by atoms with Crippen LogP contribution in [-0.2, 0) is 9.53 Å². The molecule has 0 aromatic carbocycles. The lowest BCUT2D eigenvalue weighted by Crippen LogP contribution is -2.48. The first-order valence-electron chi connectivity index (χ1n) is 7.61. The number of nitrogens with zero attached hydrogens (tertiary/aromatic N) is 1. The molecule has 0 aromatic rings. The third-order valence-electron chi connectivity index (χ3n) is 4.19. The van der Waals surface area contributed by atoms with Crippen LogP contribution in [0.5, 0.6) is 0 Å². The fourth-order valence-electron chi connectivity index (χ4n) is 2.63. The molecular formula is C16H25F6NO2. The third kappa shape index (κ3) is 7.25. The Hall–Kier alpha value is -1.25. The minimum absolute atomic E-state index is 0.348. The normalized spacial score (nSPS) is 15.7. The standard InChI is InChI=1S/C16H25F6NO2/c1-11(13(2,3)10-14(4,5)12(24)25-6)8-7-9-23(15(17,18)19)16(20,21)22/h7-8,11H,9-10H2,1-6H3/b8-7+/t11-/m1/s1. The van der Waals surface area contributed by atoms with Crippen LogP contribution in [0.25, 0.3) is 0 Å². The predicted octanol–water partition coefficient (Wildman–Crippen LogP) is 5.14. The van der Waals surface area contributed by atoms with Crippen molar-refractivity contribution in [3.63, 3.8) is 0 Å². The fourth-order valence-corrected chi connectivity index (χ4v) is 2.63. The molecule has 25 heavy (non-hydrogen) atoms. The maximum atomic E-state index is 12.4. The average molecular weight is 377 g/mol. The van der Waals surface area contributed by atoms with Crippen LogP contribution in [0.2, 0.25) is 0 Å². The Kier molecular flexibility index (Phi) is 7.57. The van der Waals surface area contributed by atoms with Gasteiger partial charge in [0.15, 0.2) is 0 Å². The van der Waals surface area contributed by atoms with Crippen LogP contribution in [-0.4, -0.2) is 37.1 Å². The van der Waals surface area contributed by atoms with E-state index in [1.165, 1.54) is 13.2 Å². The van der Waals surface area contributed by atoms with Crippen molar-refractivity contribution in [3.05, 3.63) is 12.2 Å². The van der Waals surface area contributed by atoms with E-state index in [0.717, 1.165) is 6.08 Å². The van der Waals surface area contributed by atoms with Gasteiger partial charge in [0.25, 0.3) is 0 Å². The van der Waals surface area contributed by atoms with E-state index in [-0.39, 0.29) is 5.92 Å². The van der Waals surface area contributed by atoms with Gasteiger partial charge in [0.2, 0.25) is 0 Å². The highest BCUT2D eigenvalue weighted by molar-refractivity contribution is 5.75. The molecule has 0 radical (unpaired) electrons. The zero-order chi connectivity index (χ0) is 20.3. The summed E-state index contributed by atoms with van der Waals surface area (Å²) >= 11 is 0. The van der Waals surface area contributed by atoms with E-state index in [9.17, 15) is 31.1 Å². The Morgan fingerprint density at radius 3 is 1.84 bits per heavy atom. The van der Waals surface area contributed by atoms with Gasteiger partial charge < -0.3 is 4.74 Å². The summed E-state index contributed by atoms with van der Waals surface area (Å²) < 4.78 is 79.4. The summed E-state index contributed by atoms with van der Waals surface area (Å²) in [7, 11) is 1.25. The van der Waals surface area contributed by atoms with Gasteiger partial charge in [0.1, 0.15) is 0 Å². The van der Waals surface area contributed by atoms with Crippen molar-refractivity contribution in [3.8, 4) is 0 Å². The van der Waals surface area contributed by atoms with Gasteiger partial charge in [-0.3, -0.25) is 4.79 Å². The lowest BCUT2D eigenvalue weighted by Gasteiger charge is -2.36.